The molecule has 0 aliphatic heterocycles. The maximum Gasteiger partial charge on any atom is 0.334 e. The van der Waals surface area contributed by atoms with Crippen LogP contribution in [0.15, 0.2) is 46.6 Å². The molecule has 0 saturated carbocycles. The third-order valence-electron chi connectivity index (χ3n) is 4.00. The summed E-state index contributed by atoms with van der Waals surface area (Å²) in [4.78, 5) is 12.0. The molecule has 0 spiro atoms. The largest absolute Gasteiger partial charge is 0.494 e. The molecule has 0 heterocycles. The molecular weight excluding hydrogens is 276 g/mol. The first-order valence-corrected chi connectivity index (χ1v) is 7.84. The van der Waals surface area contributed by atoms with Crippen molar-refractivity contribution in [3.63, 3.8) is 0 Å². The lowest BCUT2D eigenvalue weighted by Gasteiger charge is -2.09. The summed E-state index contributed by atoms with van der Waals surface area (Å²) in [6, 6.07) is 8.16. The SMILES string of the molecule is CCOC(=O)C1=C(C)C(Cc2ccc(OCC)cc2)=C(C)C1. The Balaban J connectivity index is 2.14. The Labute approximate surface area is 132 Å². The van der Waals surface area contributed by atoms with Crippen molar-refractivity contribution in [3.05, 3.63) is 52.1 Å². The highest BCUT2D eigenvalue weighted by Crippen LogP contribution is 2.34. The summed E-state index contributed by atoms with van der Waals surface area (Å²) >= 11 is 0. The van der Waals surface area contributed by atoms with Gasteiger partial charge in [-0.05, 0) is 63.0 Å². The monoisotopic (exact) mass is 300 g/mol. The van der Waals surface area contributed by atoms with Gasteiger partial charge in [-0.15, -0.1) is 0 Å². The molecule has 118 valence electrons. The van der Waals surface area contributed by atoms with Gasteiger partial charge in [0.1, 0.15) is 5.75 Å². The zero-order chi connectivity index (χ0) is 16.1. The average molecular weight is 300 g/mol. The van der Waals surface area contributed by atoms with Gasteiger partial charge in [0.25, 0.3) is 0 Å². The molecule has 1 aromatic carbocycles. The van der Waals surface area contributed by atoms with Gasteiger partial charge in [0.2, 0.25) is 0 Å². The van der Waals surface area contributed by atoms with Gasteiger partial charge in [-0.2, -0.15) is 0 Å². The number of ether oxygens (including phenoxy) is 2. The zero-order valence-electron chi connectivity index (χ0n) is 13.9. The van der Waals surface area contributed by atoms with E-state index in [4.69, 9.17) is 9.47 Å². The van der Waals surface area contributed by atoms with Gasteiger partial charge in [0.05, 0.1) is 13.2 Å². The fraction of sp³-hybridized carbons (Fsp3) is 0.421. The van der Waals surface area contributed by atoms with Crippen LogP contribution in [0.1, 0.15) is 39.7 Å². The van der Waals surface area contributed by atoms with Crippen molar-refractivity contribution in [2.75, 3.05) is 13.2 Å². The van der Waals surface area contributed by atoms with Crippen LogP contribution < -0.4 is 4.74 Å². The van der Waals surface area contributed by atoms with E-state index < -0.39 is 0 Å². The number of hydrogen-bond acceptors (Lipinski definition) is 3. The third-order valence-corrected chi connectivity index (χ3v) is 4.00. The van der Waals surface area contributed by atoms with Crippen molar-refractivity contribution in [2.24, 2.45) is 0 Å². The van der Waals surface area contributed by atoms with Gasteiger partial charge in [0.15, 0.2) is 0 Å². The van der Waals surface area contributed by atoms with E-state index >= 15 is 0 Å². The lowest BCUT2D eigenvalue weighted by molar-refractivity contribution is -0.138. The number of carbonyl (C=O) groups is 1. The molecule has 3 heteroatoms. The van der Waals surface area contributed by atoms with E-state index in [0.29, 0.717) is 19.6 Å². The number of carbonyl (C=O) groups excluding carboxylic acids is 1. The standard InChI is InChI=1S/C19H24O3/c1-5-21-16-9-7-15(8-10-16)12-17-13(3)11-18(14(17)4)19(20)22-6-2/h7-10H,5-6,11-12H2,1-4H3. The second kappa shape index (κ2) is 7.30. The Morgan fingerprint density at radius 2 is 1.77 bits per heavy atom. The Bertz CT molecular complexity index is 606. The second-order valence-corrected chi connectivity index (χ2v) is 5.51. The average Bonchev–Trinajstić information content (AvgIpc) is 2.78. The Hall–Kier alpha value is -2.03. The maximum atomic E-state index is 12.0. The van der Waals surface area contributed by atoms with Crippen molar-refractivity contribution in [2.45, 2.75) is 40.5 Å². The van der Waals surface area contributed by atoms with Crippen LogP contribution in [0.25, 0.3) is 0 Å². The molecule has 1 aliphatic carbocycles. The number of benzene rings is 1. The van der Waals surface area contributed by atoms with E-state index in [2.05, 4.69) is 19.1 Å². The number of hydrogen-bond donors (Lipinski definition) is 0. The first kappa shape index (κ1) is 16.3. The molecule has 1 aliphatic rings. The zero-order valence-corrected chi connectivity index (χ0v) is 13.9. The van der Waals surface area contributed by atoms with Gasteiger partial charge in [-0.3, -0.25) is 0 Å². The molecule has 0 N–H and O–H groups in total. The van der Waals surface area contributed by atoms with Crippen LogP contribution >= 0.6 is 0 Å². The van der Waals surface area contributed by atoms with Gasteiger partial charge in [-0.1, -0.05) is 17.7 Å². The van der Waals surface area contributed by atoms with Crippen LogP contribution in [-0.4, -0.2) is 19.2 Å². The minimum absolute atomic E-state index is 0.180. The van der Waals surface area contributed by atoms with Gasteiger partial charge < -0.3 is 9.47 Å². The summed E-state index contributed by atoms with van der Waals surface area (Å²) < 4.78 is 10.6. The highest BCUT2D eigenvalue weighted by molar-refractivity contribution is 5.92. The van der Waals surface area contributed by atoms with E-state index in [1.165, 1.54) is 16.7 Å². The van der Waals surface area contributed by atoms with Gasteiger partial charge in [-0.25, -0.2) is 4.79 Å². The van der Waals surface area contributed by atoms with Crippen molar-refractivity contribution in [1.82, 2.24) is 0 Å². The highest BCUT2D eigenvalue weighted by atomic mass is 16.5. The molecule has 0 radical (unpaired) electrons. The summed E-state index contributed by atoms with van der Waals surface area (Å²) in [5.41, 5.74) is 5.62. The quantitative estimate of drug-likeness (QED) is 0.738. The fourth-order valence-electron chi connectivity index (χ4n) is 2.81. The molecular formula is C19H24O3. The van der Waals surface area contributed by atoms with Crippen molar-refractivity contribution >= 4 is 5.97 Å². The van der Waals surface area contributed by atoms with E-state index in [1.54, 1.807) is 0 Å². The van der Waals surface area contributed by atoms with Gasteiger partial charge in [0, 0.05) is 12.0 Å². The van der Waals surface area contributed by atoms with E-state index in [0.717, 1.165) is 23.3 Å². The minimum atomic E-state index is -0.180. The summed E-state index contributed by atoms with van der Waals surface area (Å²) in [7, 11) is 0. The predicted molar refractivity (Wildman–Crippen MR) is 88.0 cm³/mol. The normalized spacial score (nSPS) is 14.5. The van der Waals surface area contributed by atoms with E-state index in [-0.39, 0.29) is 5.97 Å². The first-order chi connectivity index (χ1) is 10.6. The molecule has 0 bridgehead atoms. The number of esters is 1. The number of rotatable bonds is 6. The molecule has 0 atom stereocenters. The van der Waals surface area contributed by atoms with Crippen LogP contribution in [0.3, 0.4) is 0 Å². The summed E-state index contributed by atoms with van der Waals surface area (Å²) in [6.07, 6.45) is 1.55. The third kappa shape index (κ3) is 3.59. The molecule has 3 nitrogen and oxygen atoms in total. The highest BCUT2D eigenvalue weighted by Gasteiger charge is 2.24. The van der Waals surface area contributed by atoms with Crippen LogP contribution in [0.5, 0.6) is 5.75 Å². The molecule has 0 saturated heterocycles. The lowest BCUT2D eigenvalue weighted by Crippen LogP contribution is -2.07. The molecule has 0 fully saturated rings. The van der Waals surface area contributed by atoms with Crippen LogP contribution in [0.2, 0.25) is 0 Å². The first-order valence-electron chi connectivity index (χ1n) is 7.84. The maximum absolute atomic E-state index is 12.0. The van der Waals surface area contributed by atoms with Crippen LogP contribution in [0, 0.1) is 0 Å². The summed E-state index contributed by atoms with van der Waals surface area (Å²) in [6.45, 7) is 9.03. The molecule has 2 rings (SSSR count). The number of allylic oxidation sites excluding steroid dienone is 3. The molecule has 22 heavy (non-hydrogen) atoms. The van der Waals surface area contributed by atoms with Crippen LogP contribution in [-0.2, 0) is 16.0 Å². The van der Waals surface area contributed by atoms with Crippen molar-refractivity contribution in [1.29, 1.82) is 0 Å². The van der Waals surface area contributed by atoms with E-state index in [9.17, 15) is 4.79 Å². The second-order valence-electron chi connectivity index (χ2n) is 5.51. The smallest absolute Gasteiger partial charge is 0.334 e. The Morgan fingerprint density at radius 1 is 1.09 bits per heavy atom. The Morgan fingerprint density at radius 3 is 2.36 bits per heavy atom. The summed E-state index contributed by atoms with van der Waals surface area (Å²) in [5.74, 6) is 0.712. The molecule has 0 unspecified atom stereocenters. The van der Waals surface area contributed by atoms with Crippen molar-refractivity contribution in [3.8, 4) is 5.75 Å². The lowest BCUT2D eigenvalue weighted by atomic mass is 9.98. The van der Waals surface area contributed by atoms with Gasteiger partial charge >= 0.3 is 5.97 Å². The molecule has 1 aromatic rings. The predicted octanol–water partition coefficient (Wildman–Crippen LogP) is 4.23. The van der Waals surface area contributed by atoms with Crippen LogP contribution in [0.4, 0.5) is 0 Å². The Kier molecular flexibility index (Phi) is 5.42. The molecule has 0 aromatic heterocycles. The van der Waals surface area contributed by atoms with Crippen molar-refractivity contribution < 1.29 is 14.3 Å². The fourth-order valence-corrected chi connectivity index (χ4v) is 2.81. The van der Waals surface area contributed by atoms with E-state index in [1.807, 2.05) is 32.9 Å². The minimum Gasteiger partial charge on any atom is -0.494 e. The summed E-state index contributed by atoms with van der Waals surface area (Å²) in [5, 5.41) is 0. The topological polar surface area (TPSA) is 35.5 Å². The molecule has 0 amide bonds.